The van der Waals surface area contributed by atoms with Gasteiger partial charge in [0.15, 0.2) is 0 Å². The van der Waals surface area contributed by atoms with Crippen LogP contribution in [0, 0.1) is 5.92 Å². The lowest BCUT2D eigenvalue weighted by Gasteiger charge is -2.34. The Hall–Kier alpha value is -0.620. The quantitative estimate of drug-likeness (QED) is 0.855. The van der Waals surface area contributed by atoms with E-state index in [4.69, 9.17) is 16.3 Å². The number of likely N-dealkylation sites (tertiary alicyclic amines) is 1. The zero-order valence-electron chi connectivity index (χ0n) is 12.3. The summed E-state index contributed by atoms with van der Waals surface area (Å²) in [7, 11) is 0. The Kier molecular flexibility index (Phi) is 4.84. The van der Waals surface area contributed by atoms with E-state index in [0.29, 0.717) is 16.3 Å². The number of halogens is 1. The first-order chi connectivity index (χ1) is 10.2. The third kappa shape index (κ3) is 3.26. The molecule has 116 valence electrons. The summed E-state index contributed by atoms with van der Waals surface area (Å²) in [5.74, 6) is 0.684. The number of hydrogen-bond donors (Lipinski definition) is 0. The van der Waals surface area contributed by atoms with Crippen molar-refractivity contribution in [1.82, 2.24) is 9.80 Å². The fraction of sp³-hybridized carbons (Fsp3) is 0.667. The molecular weight excluding hydrogens is 308 g/mol. The van der Waals surface area contributed by atoms with Gasteiger partial charge < -0.3 is 9.64 Å². The van der Waals surface area contributed by atoms with Gasteiger partial charge in [-0.15, -0.1) is 11.3 Å². The van der Waals surface area contributed by atoms with Crippen LogP contribution in [-0.4, -0.2) is 61.1 Å². The van der Waals surface area contributed by atoms with Crippen LogP contribution in [0.25, 0.3) is 0 Å². The average molecular weight is 329 g/mol. The lowest BCUT2D eigenvalue weighted by atomic mass is 9.99. The summed E-state index contributed by atoms with van der Waals surface area (Å²) in [5.41, 5.74) is 0. The number of morpholine rings is 1. The Morgan fingerprint density at radius 2 is 2.14 bits per heavy atom. The average Bonchev–Trinajstić information content (AvgIpc) is 3.13. The molecule has 1 amide bonds. The number of hydrogen-bond acceptors (Lipinski definition) is 4. The molecule has 0 aliphatic carbocycles. The summed E-state index contributed by atoms with van der Waals surface area (Å²) >= 11 is 7.31. The first-order valence-corrected chi connectivity index (χ1v) is 8.75. The van der Waals surface area contributed by atoms with Gasteiger partial charge in [-0.1, -0.05) is 24.9 Å². The van der Waals surface area contributed by atoms with E-state index in [1.165, 1.54) is 11.3 Å². The summed E-state index contributed by atoms with van der Waals surface area (Å²) in [4.78, 5) is 17.8. The summed E-state index contributed by atoms with van der Waals surface area (Å²) in [5, 5.41) is 0. The monoisotopic (exact) mass is 328 g/mol. The Bertz CT molecular complexity index is 502. The van der Waals surface area contributed by atoms with Crippen LogP contribution in [0.15, 0.2) is 12.1 Å². The molecule has 2 aliphatic rings. The number of carbonyl (C=O) groups excluding carboxylic acids is 1. The van der Waals surface area contributed by atoms with Crippen molar-refractivity contribution in [2.75, 3.05) is 39.4 Å². The molecule has 1 aromatic heterocycles. The van der Waals surface area contributed by atoms with E-state index >= 15 is 0 Å². The first-order valence-electron chi connectivity index (χ1n) is 7.55. The normalized spacial score (nSPS) is 27.2. The Balaban J connectivity index is 1.69. The minimum atomic E-state index is 0.126. The standard InChI is InChI=1S/C15H21ClN2O2S/c1-2-11-9-18(15(19)13-3-4-14(16)21-13)10-12(11)17-5-7-20-8-6-17/h3-4,11-12H,2,5-10H2,1H3/t11-,12+/m1/s1. The molecule has 0 bridgehead atoms. The molecule has 3 rings (SSSR count). The van der Waals surface area contributed by atoms with E-state index < -0.39 is 0 Å². The van der Waals surface area contributed by atoms with Gasteiger partial charge in [0.05, 0.1) is 22.4 Å². The molecule has 4 nitrogen and oxygen atoms in total. The fourth-order valence-electron chi connectivity index (χ4n) is 3.33. The maximum atomic E-state index is 12.6. The molecule has 6 heteroatoms. The predicted molar refractivity (Wildman–Crippen MR) is 85.2 cm³/mol. The molecule has 0 N–H and O–H groups in total. The van der Waals surface area contributed by atoms with Gasteiger partial charge in [0.25, 0.3) is 5.91 Å². The van der Waals surface area contributed by atoms with Gasteiger partial charge in [0.1, 0.15) is 0 Å². The smallest absolute Gasteiger partial charge is 0.264 e. The zero-order chi connectivity index (χ0) is 14.8. The van der Waals surface area contributed by atoms with E-state index in [9.17, 15) is 4.79 Å². The van der Waals surface area contributed by atoms with Gasteiger partial charge in [-0.25, -0.2) is 0 Å². The van der Waals surface area contributed by atoms with Crippen molar-refractivity contribution < 1.29 is 9.53 Å². The molecular formula is C15H21ClN2O2S. The molecule has 2 saturated heterocycles. The number of thiophene rings is 1. The maximum Gasteiger partial charge on any atom is 0.264 e. The van der Waals surface area contributed by atoms with Crippen molar-refractivity contribution in [1.29, 1.82) is 0 Å². The van der Waals surface area contributed by atoms with Crippen molar-refractivity contribution in [2.45, 2.75) is 19.4 Å². The number of rotatable bonds is 3. The second-order valence-electron chi connectivity index (χ2n) is 5.70. The molecule has 21 heavy (non-hydrogen) atoms. The molecule has 0 aromatic carbocycles. The molecule has 0 saturated carbocycles. The van der Waals surface area contributed by atoms with Crippen molar-refractivity contribution in [3.63, 3.8) is 0 Å². The van der Waals surface area contributed by atoms with Crippen molar-refractivity contribution >= 4 is 28.8 Å². The third-order valence-electron chi connectivity index (χ3n) is 4.52. The van der Waals surface area contributed by atoms with Crippen molar-refractivity contribution in [2.24, 2.45) is 5.92 Å². The van der Waals surface area contributed by atoms with Crippen LogP contribution in [0.3, 0.4) is 0 Å². The van der Waals surface area contributed by atoms with Gasteiger partial charge in [-0.3, -0.25) is 9.69 Å². The topological polar surface area (TPSA) is 32.8 Å². The van der Waals surface area contributed by atoms with Gasteiger partial charge in [0.2, 0.25) is 0 Å². The van der Waals surface area contributed by atoms with Crippen LogP contribution in [0.5, 0.6) is 0 Å². The Labute approximate surface area is 134 Å². The molecule has 2 aliphatic heterocycles. The highest BCUT2D eigenvalue weighted by molar-refractivity contribution is 7.17. The van der Waals surface area contributed by atoms with Crippen LogP contribution in [-0.2, 0) is 4.74 Å². The van der Waals surface area contributed by atoms with E-state index in [-0.39, 0.29) is 5.91 Å². The van der Waals surface area contributed by atoms with Gasteiger partial charge in [-0.2, -0.15) is 0 Å². The van der Waals surface area contributed by atoms with Crippen LogP contribution < -0.4 is 0 Å². The zero-order valence-corrected chi connectivity index (χ0v) is 13.8. The molecule has 0 unspecified atom stereocenters. The van der Waals surface area contributed by atoms with Crippen LogP contribution >= 0.6 is 22.9 Å². The van der Waals surface area contributed by atoms with E-state index in [1.54, 1.807) is 6.07 Å². The minimum absolute atomic E-state index is 0.126. The molecule has 1 aromatic rings. The second-order valence-corrected chi connectivity index (χ2v) is 7.41. The highest BCUT2D eigenvalue weighted by Crippen LogP contribution is 2.29. The molecule has 0 spiro atoms. The second kappa shape index (κ2) is 6.65. The summed E-state index contributed by atoms with van der Waals surface area (Å²) in [6.07, 6.45) is 1.11. The third-order valence-corrected chi connectivity index (χ3v) is 5.74. The number of nitrogens with zero attached hydrogens (tertiary/aromatic N) is 2. The van der Waals surface area contributed by atoms with Crippen LogP contribution in [0.2, 0.25) is 4.34 Å². The highest BCUT2D eigenvalue weighted by atomic mass is 35.5. The largest absolute Gasteiger partial charge is 0.379 e. The summed E-state index contributed by atoms with van der Waals surface area (Å²) in [6, 6.07) is 4.10. The molecule has 3 heterocycles. The van der Waals surface area contributed by atoms with E-state index in [1.807, 2.05) is 11.0 Å². The first kappa shape index (κ1) is 15.3. The van der Waals surface area contributed by atoms with Crippen LogP contribution in [0.4, 0.5) is 0 Å². The number of carbonyl (C=O) groups is 1. The Morgan fingerprint density at radius 3 is 2.76 bits per heavy atom. The minimum Gasteiger partial charge on any atom is -0.379 e. The van der Waals surface area contributed by atoms with Crippen molar-refractivity contribution in [3.8, 4) is 0 Å². The molecule has 2 fully saturated rings. The predicted octanol–water partition coefficient (Wildman–Crippen LogP) is 2.58. The van der Waals surface area contributed by atoms with Gasteiger partial charge in [0, 0.05) is 32.2 Å². The fourth-order valence-corrected chi connectivity index (χ4v) is 4.34. The van der Waals surface area contributed by atoms with Gasteiger partial charge >= 0.3 is 0 Å². The van der Waals surface area contributed by atoms with Gasteiger partial charge in [-0.05, 0) is 18.1 Å². The summed E-state index contributed by atoms with van der Waals surface area (Å²) in [6.45, 7) is 7.47. The maximum absolute atomic E-state index is 12.6. The lowest BCUT2D eigenvalue weighted by molar-refractivity contribution is 0.0103. The lowest BCUT2D eigenvalue weighted by Crippen LogP contribution is -2.47. The number of amides is 1. The molecule has 2 atom stereocenters. The Morgan fingerprint density at radius 1 is 1.38 bits per heavy atom. The number of ether oxygens (including phenoxy) is 1. The molecule has 0 radical (unpaired) electrons. The van der Waals surface area contributed by atoms with Crippen molar-refractivity contribution in [3.05, 3.63) is 21.3 Å². The highest BCUT2D eigenvalue weighted by Gasteiger charge is 2.38. The van der Waals surface area contributed by atoms with Crippen LogP contribution in [0.1, 0.15) is 23.0 Å². The van der Waals surface area contributed by atoms with E-state index in [2.05, 4.69) is 11.8 Å². The SMILES string of the molecule is CC[C@@H]1CN(C(=O)c2ccc(Cl)s2)C[C@@H]1N1CCOCC1. The van der Waals surface area contributed by atoms with E-state index in [0.717, 1.165) is 50.7 Å². The summed E-state index contributed by atoms with van der Waals surface area (Å²) < 4.78 is 6.11.